The summed E-state index contributed by atoms with van der Waals surface area (Å²) in [6.45, 7) is 29.5. The number of pyridine rings is 4. The fraction of sp³-hybridized carbons (Fsp3) is 0.587. The highest BCUT2D eigenvalue weighted by atomic mass is 127. The van der Waals surface area contributed by atoms with Gasteiger partial charge in [-0.15, -0.1) is 12.0 Å². The first-order valence-corrected chi connectivity index (χ1v) is 83.3. The highest BCUT2D eigenvalue weighted by molar-refractivity contribution is 14.1. The average molecular weight is 2490 g/mol. The Morgan fingerprint density at radius 2 is 0.780 bits per heavy atom. The second kappa shape index (κ2) is 68.0. The average Bonchev–Trinajstić information content (AvgIpc) is 0.752. The van der Waals surface area contributed by atoms with Crippen LogP contribution in [0.2, 0.25) is 19.6 Å². The predicted octanol–water partition coefficient (Wildman–Crippen LogP) is 8.71. The smallest absolute Gasteiger partial charge is 0.293 e. The Balaban J connectivity index is 0.000000370. The molecule has 15 heterocycles. The number of anilines is 3. The van der Waals surface area contributed by atoms with E-state index in [1.807, 2.05) is 220 Å². The van der Waals surface area contributed by atoms with E-state index >= 15 is 0 Å². The Morgan fingerprint density at radius 3 is 1.01 bits per heavy atom. The van der Waals surface area contributed by atoms with E-state index in [4.69, 9.17) is 33.5 Å². The van der Waals surface area contributed by atoms with E-state index in [1.165, 1.54) is 72.4 Å². The number of hydrogen-bond acceptors (Lipinski definition) is 19. The number of ether oxygens (including phenoxy) is 3. The number of carbonyl (C=O) groups excluding carboxylic acids is 2. The summed E-state index contributed by atoms with van der Waals surface area (Å²) < 4.78 is 28.5. The topological polar surface area (TPSA) is 174 Å². The van der Waals surface area contributed by atoms with Gasteiger partial charge in [0.25, 0.3) is 12.9 Å². The lowest BCUT2D eigenvalue weighted by Crippen LogP contribution is -2.72. The van der Waals surface area contributed by atoms with Crippen molar-refractivity contribution in [1.29, 1.82) is 0 Å². The van der Waals surface area contributed by atoms with E-state index in [-0.39, 0.29) is 33.5 Å². The number of terminal acetylenes is 1. The normalized spacial score (nSPS) is 19.5. The lowest BCUT2D eigenvalue weighted by Gasteiger charge is -2.59. The van der Waals surface area contributed by atoms with Gasteiger partial charge in [0.2, 0.25) is 5.95 Å². The second-order valence-electron chi connectivity index (χ2n) is 26.7. The summed E-state index contributed by atoms with van der Waals surface area (Å²) in [5.41, 5.74) is 4.63. The lowest BCUT2D eigenvalue weighted by atomic mass is 9.86. The largest absolute Gasteiger partial charge is 0.462 e. The van der Waals surface area contributed by atoms with E-state index < -0.39 is 14.0 Å². The summed E-state index contributed by atoms with van der Waals surface area (Å²) >= 11 is 13.9. The van der Waals surface area contributed by atoms with Crippen molar-refractivity contribution in [3.63, 3.8) is 0 Å². The van der Waals surface area contributed by atoms with Crippen molar-refractivity contribution >= 4 is 390 Å². The van der Waals surface area contributed by atoms with E-state index in [0.717, 1.165) is 96.7 Å². The Hall–Kier alpha value is 2.91. The number of aromatic nitrogens is 4. The van der Waals surface area contributed by atoms with E-state index in [2.05, 4.69) is 183 Å². The van der Waals surface area contributed by atoms with Crippen LogP contribution in [-0.4, -0.2) is 177 Å². The SMILES string of the molecule is C.C.C.C#Cc1ccc(N2C3CC2CN(C2COC2)C3)nc1.C1NCC2CC1N2.CC(C)(C)OC=O.CC(C)(C)OC=O.C[Si](C)(C)C#Cc1ccc(N2C3CNCC2C3)nc1.Fc1ccc(I)cn1.Ic1ccc(N2C3CNCC2C3)nc1.S=S=S=S=S=S=S=S=S=S=S=S=S=S=S=S=S=S=S=S=S=S=S=S=S=S=S=S=S=S=S=S=S=S. The van der Waals surface area contributed by atoms with Gasteiger partial charge in [0.15, 0.2) is 0 Å². The molecule has 666 valence electrons. The van der Waals surface area contributed by atoms with Gasteiger partial charge in [-0.2, -0.15) is 4.39 Å². The fourth-order valence-corrected chi connectivity index (χ4v) is 94.3. The molecule has 0 aliphatic carbocycles. The molecule has 4 N–H and O–H groups in total. The molecule has 0 spiro atoms. The molecule has 4 aromatic heterocycles. The van der Waals surface area contributed by atoms with Crippen LogP contribution in [0.15, 0.2) is 73.3 Å². The third kappa shape index (κ3) is 50.0. The van der Waals surface area contributed by atoms with Crippen molar-refractivity contribution in [2.45, 2.75) is 175 Å². The third-order valence-corrected chi connectivity index (χ3v) is 86.5. The Bertz CT molecular complexity index is 5350. The summed E-state index contributed by atoms with van der Waals surface area (Å²) in [5.74, 6) is 8.78. The van der Waals surface area contributed by atoms with Crippen molar-refractivity contribution < 1.29 is 28.2 Å². The number of halogens is 3. The number of rotatable bonds is 6. The second-order valence-corrected chi connectivity index (χ2v) is 90.5. The highest BCUT2D eigenvalue weighted by Crippen LogP contribution is 2.38. The monoisotopic (exact) mass is 2490 g/mol. The van der Waals surface area contributed by atoms with E-state index in [9.17, 15) is 14.0 Å². The van der Waals surface area contributed by atoms with Crippen LogP contribution in [0.25, 0.3) is 0 Å². The molecule has 11 aliphatic heterocycles. The summed E-state index contributed by atoms with van der Waals surface area (Å²) in [7, 11) is 55.1. The Labute approximate surface area is 826 Å². The molecule has 118 heavy (non-hydrogen) atoms. The number of piperidine rings is 4. The molecule has 8 atom stereocenters. The van der Waals surface area contributed by atoms with Crippen LogP contribution in [-0.2, 0) is 330 Å². The van der Waals surface area contributed by atoms with Crippen LogP contribution in [0.5, 0.6) is 0 Å². The summed E-state index contributed by atoms with van der Waals surface area (Å²) in [5, 5.41) is 13.6. The molecule has 4 aromatic rings. The number of nitrogens with zero attached hydrogens (tertiary/aromatic N) is 8. The molecule has 11 saturated heterocycles. The van der Waals surface area contributed by atoms with Crippen molar-refractivity contribution in [2.24, 2.45) is 0 Å². The number of nitrogens with one attached hydrogen (secondary N) is 4. The molecule has 0 saturated carbocycles. The van der Waals surface area contributed by atoms with Gasteiger partial charge in [0.1, 0.15) is 36.7 Å². The zero-order valence-corrected chi connectivity index (χ0v) is 95.5. The summed E-state index contributed by atoms with van der Waals surface area (Å²) in [4.78, 5) is 46.1. The minimum Gasteiger partial charge on any atom is -0.462 e. The van der Waals surface area contributed by atoms with Gasteiger partial charge in [-0.05, 0) is 161 Å². The minimum atomic E-state index is -1.30. The molecular formula is C63H95FI2N12O5S34Si. The van der Waals surface area contributed by atoms with Crippen molar-refractivity contribution in [2.75, 3.05) is 80.3 Å². The maximum Gasteiger partial charge on any atom is 0.293 e. The summed E-state index contributed by atoms with van der Waals surface area (Å²) in [6.07, 6.45) is 17.9. The quantitative estimate of drug-likeness (QED) is 0.0474. The van der Waals surface area contributed by atoms with E-state index in [0.29, 0.717) is 55.2 Å². The molecule has 17 nitrogen and oxygen atoms in total. The molecule has 11 fully saturated rings. The summed E-state index contributed by atoms with van der Waals surface area (Å²) in [6, 6.07) is 21.7. The van der Waals surface area contributed by atoms with Gasteiger partial charge in [-0.25, -0.2) is 19.9 Å². The molecule has 8 unspecified atom stereocenters. The van der Waals surface area contributed by atoms with Crippen LogP contribution in [0.3, 0.4) is 0 Å². The van der Waals surface area contributed by atoms with Crippen LogP contribution in [0.4, 0.5) is 21.8 Å². The standard InChI is InChI=1S/C15H17N3O.C15H21N3Si.C10H12IN3.C5H3FIN.C5H10N2.2C5H10O2.3CH4.S34/c1-2-11-3-4-15(16-6-11)18-12-5-13(18)8-17(7-12)14-9-19-10-14;1-19(2,3)7-6-12-4-5-15(17-9-12)18-13-8-14(18)11-16-10-13;11-7-1-2-10(13-4-7)14-8-3-9(14)6-12-5-8;6-5-2-1-4(7)3-8-5;1-4-2-6-3-5(1)7-4;2*1-5(2,3)7-4-6;;;;1-3-5-7-9-11-13-15-17-19-21-23-25-27-29-31-33-34-32-30-28-26-24-22-20-18-16-14-12-10-8-6-4-2/h1,3-4,6,12-14H,5,7-10H2;4-5,9,13-14,16H,8,10-11H2,1-3H3;1-2,4,8-9,12H,3,5-6H2;1-3H;4-7H,1-3H2;2*4H,1-3H3;3*1H4;. The van der Waals surface area contributed by atoms with Crippen LogP contribution < -0.4 is 36.0 Å². The number of piperazine rings is 4. The van der Waals surface area contributed by atoms with Crippen molar-refractivity contribution in [3.05, 3.63) is 97.5 Å². The predicted molar refractivity (Wildman–Crippen MR) is 609 cm³/mol. The van der Waals surface area contributed by atoms with Gasteiger partial charge in [0, 0.05) is 450 Å². The van der Waals surface area contributed by atoms with Crippen LogP contribution in [0.1, 0.15) is 101 Å². The minimum absolute atomic E-state index is 0. The highest BCUT2D eigenvalue weighted by Gasteiger charge is 2.48. The fourth-order valence-electron chi connectivity index (χ4n) is 10.8. The first-order chi connectivity index (χ1) is 55.5. The third-order valence-electron chi connectivity index (χ3n) is 15.5. The molecule has 0 radical (unpaired) electrons. The zero-order valence-electron chi connectivity index (χ0n) is 62.4. The number of carbonyl (C=O) groups is 2. The zero-order chi connectivity index (χ0) is 83.0. The van der Waals surface area contributed by atoms with Crippen molar-refractivity contribution in [1.82, 2.24) is 46.1 Å². The maximum absolute atomic E-state index is 12.0. The molecular weight excluding hydrogens is 2400 g/mol. The van der Waals surface area contributed by atoms with Crippen LogP contribution >= 0.6 is 45.2 Å². The van der Waals surface area contributed by atoms with E-state index in [1.54, 1.807) is 119 Å². The molecule has 55 heteroatoms. The molecule has 11 aliphatic rings. The van der Waals surface area contributed by atoms with Gasteiger partial charge in [-0.1, -0.05) is 53.8 Å². The Kier molecular flexibility index (Phi) is 66.3. The number of hydrogen-bond donors (Lipinski definition) is 4. The number of fused-ring (bicyclic) bond motifs is 8. The van der Waals surface area contributed by atoms with Gasteiger partial charge < -0.3 is 50.2 Å². The molecule has 15 rings (SSSR count). The molecule has 0 amide bonds. The molecule has 0 aromatic carbocycles. The van der Waals surface area contributed by atoms with Gasteiger partial charge in [-0.3, -0.25) is 14.5 Å². The maximum atomic E-state index is 12.0. The lowest BCUT2D eigenvalue weighted by molar-refractivity contribution is -0.139. The first kappa shape index (κ1) is 115. The van der Waals surface area contributed by atoms with Gasteiger partial charge in [0.05, 0.1) is 19.3 Å². The van der Waals surface area contributed by atoms with Gasteiger partial charge >= 0.3 is 0 Å². The van der Waals surface area contributed by atoms with Crippen LogP contribution in [0, 0.1) is 36.9 Å². The Morgan fingerprint density at radius 1 is 0.466 bits per heavy atom. The van der Waals surface area contributed by atoms with Crippen molar-refractivity contribution in [3.8, 4) is 23.8 Å². The molecule has 8 bridgehead atoms. The first-order valence-electron chi connectivity index (χ1n) is 33.7.